The minimum Gasteiger partial charge on any atom is -0.477 e. The summed E-state index contributed by atoms with van der Waals surface area (Å²) in [6.45, 7) is 0.134. The Bertz CT molecular complexity index is 201. The highest BCUT2D eigenvalue weighted by Crippen LogP contribution is 2.25. The van der Waals surface area contributed by atoms with Crippen LogP contribution in [0.5, 0.6) is 0 Å². The van der Waals surface area contributed by atoms with Crippen molar-refractivity contribution in [1.29, 1.82) is 0 Å². The molecule has 0 aromatic carbocycles. The molecule has 7 heteroatoms. The van der Waals surface area contributed by atoms with E-state index in [0.717, 1.165) is 0 Å². The number of aliphatic hydroxyl groups excluding tert-OH is 1. The lowest BCUT2D eigenvalue weighted by Gasteiger charge is -2.22. The van der Waals surface area contributed by atoms with Gasteiger partial charge in [0.1, 0.15) is 0 Å². The Morgan fingerprint density at radius 3 is 2.31 bits per heavy atom. The number of rotatable bonds is 3. The highest BCUT2D eigenvalue weighted by atomic mass is 19.3. The van der Waals surface area contributed by atoms with Gasteiger partial charge in [0.2, 0.25) is 0 Å². The van der Waals surface area contributed by atoms with E-state index in [1.807, 2.05) is 0 Å². The summed E-state index contributed by atoms with van der Waals surface area (Å²) in [6, 6.07) is 0. The van der Waals surface area contributed by atoms with Crippen LogP contribution in [0.1, 0.15) is 0 Å². The van der Waals surface area contributed by atoms with Gasteiger partial charge in [-0.1, -0.05) is 0 Å². The minimum atomic E-state index is -4.25. The number of carbonyl (C=O) groups is 1. The molecule has 1 heterocycles. The molecule has 1 aliphatic heterocycles. The number of carboxylic acid groups (broad SMARTS) is 1. The van der Waals surface area contributed by atoms with Crippen LogP contribution in [0.15, 0.2) is 0 Å². The van der Waals surface area contributed by atoms with Crippen molar-refractivity contribution in [3.8, 4) is 0 Å². The second kappa shape index (κ2) is 3.52. The first-order chi connectivity index (χ1) is 5.96. The van der Waals surface area contributed by atoms with Crippen LogP contribution in [0.4, 0.5) is 8.78 Å². The van der Waals surface area contributed by atoms with Gasteiger partial charge in [0.25, 0.3) is 0 Å². The van der Waals surface area contributed by atoms with E-state index in [2.05, 4.69) is 9.47 Å². The summed E-state index contributed by atoms with van der Waals surface area (Å²) in [6.07, 6.45) is -4.04. The molecule has 0 bridgehead atoms. The molecule has 0 spiro atoms. The third-order valence-electron chi connectivity index (χ3n) is 1.56. The second-order valence-corrected chi connectivity index (χ2v) is 2.48. The molecule has 0 aromatic heterocycles. The predicted molar refractivity (Wildman–Crippen MR) is 34.3 cm³/mol. The molecule has 2 N–H and O–H groups in total. The summed E-state index contributed by atoms with van der Waals surface area (Å²) in [7, 11) is 0. The SMILES string of the molecule is O=C(O)C(F)(F)C(O)C1OCCO1. The number of halogens is 2. The Morgan fingerprint density at radius 1 is 1.46 bits per heavy atom. The van der Waals surface area contributed by atoms with Crippen LogP contribution in [-0.4, -0.2) is 47.7 Å². The lowest BCUT2D eigenvalue weighted by Crippen LogP contribution is -2.48. The molecule has 0 amide bonds. The van der Waals surface area contributed by atoms with Gasteiger partial charge in [-0.3, -0.25) is 0 Å². The molecule has 1 saturated heterocycles. The Labute approximate surface area is 71.9 Å². The van der Waals surface area contributed by atoms with Gasteiger partial charge in [0.15, 0.2) is 12.4 Å². The minimum absolute atomic E-state index is 0.0669. The zero-order valence-electron chi connectivity index (χ0n) is 6.44. The van der Waals surface area contributed by atoms with Crippen molar-refractivity contribution in [2.75, 3.05) is 13.2 Å². The first kappa shape index (κ1) is 10.3. The van der Waals surface area contributed by atoms with E-state index in [9.17, 15) is 13.6 Å². The number of alkyl halides is 2. The molecule has 1 atom stereocenters. The Balaban J connectivity index is 2.64. The van der Waals surface area contributed by atoms with Gasteiger partial charge in [0.05, 0.1) is 13.2 Å². The fourth-order valence-corrected chi connectivity index (χ4v) is 0.856. The second-order valence-electron chi connectivity index (χ2n) is 2.48. The molecule has 76 valence electrons. The van der Waals surface area contributed by atoms with Gasteiger partial charge in [-0.15, -0.1) is 0 Å². The van der Waals surface area contributed by atoms with Crippen LogP contribution in [0, 0.1) is 0 Å². The quantitative estimate of drug-likeness (QED) is 0.635. The molecule has 5 nitrogen and oxygen atoms in total. The van der Waals surface area contributed by atoms with E-state index in [1.165, 1.54) is 0 Å². The fourth-order valence-electron chi connectivity index (χ4n) is 0.856. The highest BCUT2D eigenvalue weighted by molar-refractivity contribution is 5.76. The predicted octanol–water partition coefficient (Wildman–Crippen LogP) is -0.560. The van der Waals surface area contributed by atoms with Crippen molar-refractivity contribution in [1.82, 2.24) is 0 Å². The number of aliphatic hydroxyl groups is 1. The zero-order valence-corrected chi connectivity index (χ0v) is 6.44. The molecular formula is C6H8F2O5. The smallest absolute Gasteiger partial charge is 0.377 e. The zero-order chi connectivity index (χ0) is 10.1. The third kappa shape index (κ3) is 1.93. The van der Waals surface area contributed by atoms with Crippen LogP contribution < -0.4 is 0 Å². The van der Waals surface area contributed by atoms with Gasteiger partial charge < -0.3 is 19.7 Å². The topological polar surface area (TPSA) is 76.0 Å². The Morgan fingerprint density at radius 2 is 1.92 bits per heavy atom. The van der Waals surface area contributed by atoms with Gasteiger partial charge in [-0.05, 0) is 0 Å². The number of hydrogen-bond acceptors (Lipinski definition) is 4. The maximum atomic E-state index is 12.6. The molecule has 1 aliphatic rings. The van der Waals surface area contributed by atoms with E-state index in [0.29, 0.717) is 0 Å². The van der Waals surface area contributed by atoms with Crippen LogP contribution in [0.2, 0.25) is 0 Å². The van der Waals surface area contributed by atoms with Crippen molar-refractivity contribution >= 4 is 5.97 Å². The monoisotopic (exact) mass is 198 g/mol. The van der Waals surface area contributed by atoms with Crippen LogP contribution in [0.25, 0.3) is 0 Å². The van der Waals surface area contributed by atoms with Gasteiger partial charge >= 0.3 is 11.9 Å². The Kier molecular flexibility index (Phi) is 2.79. The number of aliphatic carboxylic acids is 1. The fraction of sp³-hybridized carbons (Fsp3) is 0.833. The standard InChI is InChI=1S/C6H8F2O5/c7-6(8,5(10)11)3(9)4-12-1-2-13-4/h3-4,9H,1-2H2,(H,10,11). The summed E-state index contributed by atoms with van der Waals surface area (Å²) >= 11 is 0. The maximum Gasteiger partial charge on any atom is 0.377 e. The summed E-state index contributed by atoms with van der Waals surface area (Å²) < 4.78 is 34.2. The molecule has 1 fully saturated rings. The van der Waals surface area contributed by atoms with Gasteiger partial charge in [-0.2, -0.15) is 8.78 Å². The van der Waals surface area contributed by atoms with Gasteiger partial charge in [0, 0.05) is 0 Å². The van der Waals surface area contributed by atoms with Crippen LogP contribution >= 0.6 is 0 Å². The van der Waals surface area contributed by atoms with Crippen molar-refractivity contribution in [3.05, 3.63) is 0 Å². The van der Waals surface area contributed by atoms with E-state index in [-0.39, 0.29) is 13.2 Å². The maximum absolute atomic E-state index is 12.6. The molecular weight excluding hydrogens is 190 g/mol. The summed E-state index contributed by atoms with van der Waals surface area (Å²) in [5.41, 5.74) is 0. The molecule has 0 saturated carbocycles. The van der Waals surface area contributed by atoms with Crippen LogP contribution in [0.3, 0.4) is 0 Å². The molecule has 0 radical (unpaired) electrons. The van der Waals surface area contributed by atoms with Gasteiger partial charge in [-0.25, -0.2) is 4.79 Å². The molecule has 1 unspecified atom stereocenters. The van der Waals surface area contributed by atoms with Crippen molar-refractivity contribution in [2.24, 2.45) is 0 Å². The largest absolute Gasteiger partial charge is 0.477 e. The highest BCUT2D eigenvalue weighted by Gasteiger charge is 2.52. The normalized spacial score (nSPS) is 21.8. The first-order valence-corrected chi connectivity index (χ1v) is 3.48. The van der Waals surface area contributed by atoms with Crippen molar-refractivity contribution < 1.29 is 33.3 Å². The van der Waals surface area contributed by atoms with E-state index in [1.54, 1.807) is 0 Å². The summed E-state index contributed by atoms with van der Waals surface area (Å²) in [5, 5.41) is 16.9. The van der Waals surface area contributed by atoms with Crippen molar-refractivity contribution in [3.63, 3.8) is 0 Å². The lowest BCUT2D eigenvalue weighted by atomic mass is 10.2. The average molecular weight is 198 g/mol. The lowest BCUT2D eigenvalue weighted by molar-refractivity contribution is -0.221. The third-order valence-corrected chi connectivity index (χ3v) is 1.56. The number of carboxylic acids is 1. The molecule has 13 heavy (non-hydrogen) atoms. The van der Waals surface area contributed by atoms with E-state index >= 15 is 0 Å². The molecule has 0 aromatic rings. The summed E-state index contributed by atoms with van der Waals surface area (Å²) in [4.78, 5) is 10.00. The van der Waals surface area contributed by atoms with Crippen LogP contribution in [-0.2, 0) is 14.3 Å². The van der Waals surface area contributed by atoms with Crippen molar-refractivity contribution in [2.45, 2.75) is 18.3 Å². The summed E-state index contributed by atoms with van der Waals surface area (Å²) in [5.74, 6) is -6.66. The first-order valence-electron chi connectivity index (χ1n) is 3.48. The molecule has 1 rings (SSSR count). The Hall–Kier alpha value is -0.790. The number of hydrogen-bond donors (Lipinski definition) is 2. The van der Waals surface area contributed by atoms with E-state index < -0.39 is 24.3 Å². The molecule has 0 aliphatic carbocycles. The number of ether oxygens (including phenoxy) is 2. The average Bonchev–Trinajstić information content (AvgIpc) is 2.54. The van der Waals surface area contributed by atoms with E-state index in [4.69, 9.17) is 10.2 Å².